The average Bonchev–Trinajstić information content (AvgIpc) is 2.24. The molecule has 0 fully saturated rings. The van der Waals surface area contributed by atoms with Crippen molar-refractivity contribution < 1.29 is 14.6 Å². The summed E-state index contributed by atoms with van der Waals surface area (Å²) >= 11 is 0. The van der Waals surface area contributed by atoms with Crippen LogP contribution in [-0.2, 0) is 4.74 Å². The molecule has 0 aromatic carbocycles. The summed E-state index contributed by atoms with van der Waals surface area (Å²) in [5.74, 6) is -0.970. The molecule has 1 unspecified atom stereocenters. The van der Waals surface area contributed by atoms with Crippen molar-refractivity contribution >= 4 is 11.7 Å². The highest BCUT2D eigenvalue weighted by atomic mass is 16.5. The lowest BCUT2D eigenvalue weighted by Crippen LogP contribution is -2.20. The van der Waals surface area contributed by atoms with Crippen molar-refractivity contribution in [2.24, 2.45) is 0 Å². The predicted octanol–water partition coefficient (Wildman–Crippen LogP) is 1.84. The highest BCUT2D eigenvalue weighted by Gasteiger charge is 2.15. The van der Waals surface area contributed by atoms with Crippen LogP contribution in [0.2, 0.25) is 0 Å². The number of aromatic carboxylic acids is 1. The smallest absolute Gasteiger partial charge is 0.339 e. The number of hydrogen-bond acceptors (Lipinski definition) is 4. The summed E-state index contributed by atoms with van der Waals surface area (Å²) in [7, 11) is 1.62. The number of carboxylic acids is 1. The summed E-state index contributed by atoms with van der Waals surface area (Å²) in [5, 5.41) is 12.2. The minimum absolute atomic E-state index is 0.0189. The molecule has 1 aromatic heterocycles. The van der Waals surface area contributed by atoms with Crippen LogP contribution in [0.25, 0.3) is 0 Å². The summed E-state index contributed by atoms with van der Waals surface area (Å²) in [6.45, 7) is 6.00. The minimum Gasteiger partial charge on any atom is -0.478 e. The standard InChI is InChI=1S/C12H18N2O3/c1-7-5-10(13-6-8(2)17-4)11(12(15)16)9(3)14-7/h5,8H,6H2,1-4H3,(H,13,14)(H,15,16). The van der Waals surface area contributed by atoms with Gasteiger partial charge in [-0.2, -0.15) is 0 Å². The molecule has 0 bridgehead atoms. The fourth-order valence-electron chi connectivity index (χ4n) is 1.58. The molecular formula is C12H18N2O3. The van der Waals surface area contributed by atoms with Crippen LogP contribution in [0.15, 0.2) is 6.07 Å². The second-order valence-electron chi connectivity index (χ2n) is 4.00. The van der Waals surface area contributed by atoms with E-state index in [1.807, 2.05) is 13.8 Å². The first-order chi connectivity index (χ1) is 7.95. The molecule has 0 amide bonds. The van der Waals surface area contributed by atoms with Crippen molar-refractivity contribution in [2.75, 3.05) is 19.0 Å². The van der Waals surface area contributed by atoms with Crippen LogP contribution in [0.5, 0.6) is 0 Å². The van der Waals surface area contributed by atoms with Gasteiger partial charge in [0.05, 0.1) is 17.5 Å². The van der Waals surface area contributed by atoms with Gasteiger partial charge in [0.15, 0.2) is 0 Å². The zero-order valence-electron chi connectivity index (χ0n) is 10.6. The molecule has 5 nitrogen and oxygen atoms in total. The molecule has 0 spiro atoms. The fourth-order valence-corrected chi connectivity index (χ4v) is 1.58. The number of rotatable bonds is 5. The molecule has 0 radical (unpaired) electrons. The normalized spacial score (nSPS) is 12.2. The van der Waals surface area contributed by atoms with Crippen molar-refractivity contribution in [1.82, 2.24) is 4.98 Å². The lowest BCUT2D eigenvalue weighted by atomic mass is 10.1. The van der Waals surface area contributed by atoms with E-state index in [1.165, 1.54) is 0 Å². The molecule has 94 valence electrons. The Bertz CT molecular complexity index is 418. The minimum atomic E-state index is -0.970. The number of methoxy groups -OCH3 is 1. The lowest BCUT2D eigenvalue weighted by molar-refractivity contribution is 0.0696. The van der Waals surface area contributed by atoms with E-state index in [4.69, 9.17) is 9.84 Å². The zero-order valence-corrected chi connectivity index (χ0v) is 10.6. The second-order valence-corrected chi connectivity index (χ2v) is 4.00. The summed E-state index contributed by atoms with van der Waals surface area (Å²) in [4.78, 5) is 15.3. The highest BCUT2D eigenvalue weighted by molar-refractivity contribution is 5.95. The van der Waals surface area contributed by atoms with Gasteiger partial charge in [-0.3, -0.25) is 4.98 Å². The number of ether oxygens (including phenoxy) is 1. The first kappa shape index (κ1) is 13.4. The van der Waals surface area contributed by atoms with Gasteiger partial charge in [0.2, 0.25) is 0 Å². The molecule has 0 saturated heterocycles. The Kier molecular flexibility index (Phi) is 4.45. The third kappa shape index (κ3) is 3.42. The number of nitrogens with zero attached hydrogens (tertiary/aromatic N) is 1. The Morgan fingerprint density at radius 2 is 2.24 bits per heavy atom. The Morgan fingerprint density at radius 3 is 2.76 bits per heavy atom. The van der Waals surface area contributed by atoms with E-state index >= 15 is 0 Å². The molecule has 1 aromatic rings. The zero-order chi connectivity index (χ0) is 13.0. The third-order valence-electron chi connectivity index (χ3n) is 2.52. The van der Waals surface area contributed by atoms with Crippen LogP contribution in [0.4, 0.5) is 5.69 Å². The molecule has 1 atom stereocenters. The molecule has 5 heteroatoms. The fraction of sp³-hybridized carbons (Fsp3) is 0.500. The molecule has 1 rings (SSSR count). The predicted molar refractivity (Wildman–Crippen MR) is 65.6 cm³/mol. The van der Waals surface area contributed by atoms with E-state index in [0.717, 1.165) is 5.69 Å². The largest absolute Gasteiger partial charge is 0.478 e. The first-order valence-corrected chi connectivity index (χ1v) is 5.44. The number of carbonyl (C=O) groups is 1. The van der Waals surface area contributed by atoms with Gasteiger partial charge in [-0.25, -0.2) is 4.79 Å². The molecule has 2 N–H and O–H groups in total. The topological polar surface area (TPSA) is 71.5 Å². The van der Waals surface area contributed by atoms with Gasteiger partial charge in [0.1, 0.15) is 5.56 Å². The molecule has 1 heterocycles. The Labute approximate surface area is 101 Å². The van der Waals surface area contributed by atoms with Gasteiger partial charge in [-0.05, 0) is 26.8 Å². The maximum Gasteiger partial charge on any atom is 0.339 e. The van der Waals surface area contributed by atoms with Crippen LogP contribution in [0.1, 0.15) is 28.7 Å². The summed E-state index contributed by atoms with van der Waals surface area (Å²) in [6.07, 6.45) is 0.0189. The quantitative estimate of drug-likeness (QED) is 0.819. The van der Waals surface area contributed by atoms with Gasteiger partial charge in [-0.1, -0.05) is 0 Å². The van der Waals surface area contributed by atoms with Crippen molar-refractivity contribution in [3.8, 4) is 0 Å². The van der Waals surface area contributed by atoms with Crippen molar-refractivity contribution in [3.05, 3.63) is 23.0 Å². The molecule has 0 saturated carbocycles. The summed E-state index contributed by atoms with van der Waals surface area (Å²) < 4.78 is 5.11. The van der Waals surface area contributed by atoms with Crippen molar-refractivity contribution in [3.63, 3.8) is 0 Å². The van der Waals surface area contributed by atoms with Gasteiger partial charge in [-0.15, -0.1) is 0 Å². The number of pyridine rings is 1. The van der Waals surface area contributed by atoms with Crippen molar-refractivity contribution in [2.45, 2.75) is 26.9 Å². The molecule has 0 aliphatic rings. The van der Waals surface area contributed by atoms with Gasteiger partial charge in [0, 0.05) is 19.3 Å². The third-order valence-corrected chi connectivity index (χ3v) is 2.52. The maximum atomic E-state index is 11.2. The number of anilines is 1. The summed E-state index contributed by atoms with van der Waals surface area (Å²) in [6, 6.07) is 1.73. The van der Waals surface area contributed by atoms with Crippen LogP contribution < -0.4 is 5.32 Å². The van der Waals surface area contributed by atoms with Crippen LogP contribution >= 0.6 is 0 Å². The SMILES string of the molecule is COC(C)CNc1cc(C)nc(C)c1C(=O)O. The van der Waals surface area contributed by atoms with E-state index in [0.29, 0.717) is 17.9 Å². The van der Waals surface area contributed by atoms with Crippen LogP contribution in [0, 0.1) is 13.8 Å². The lowest BCUT2D eigenvalue weighted by Gasteiger charge is -2.15. The molecular weight excluding hydrogens is 220 g/mol. The van der Waals surface area contributed by atoms with E-state index < -0.39 is 5.97 Å². The number of aryl methyl sites for hydroxylation is 2. The van der Waals surface area contributed by atoms with Crippen LogP contribution in [0.3, 0.4) is 0 Å². The Balaban J connectivity index is 3.00. The number of carboxylic acid groups (broad SMARTS) is 1. The van der Waals surface area contributed by atoms with Crippen LogP contribution in [-0.4, -0.2) is 35.8 Å². The molecule has 17 heavy (non-hydrogen) atoms. The second kappa shape index (κ2) is 5.63. The monoisotopic (exact) mass is 238 g/mol. The van der Waals surface area contributed by atoms with Gasteiger partial charge in [0.25, 0.3) is 0 Å². The maximum absolute atomic E-state index is 11.2. The van der Waals surface area contributed by atoms with E-state index in [2.05, 4.69) is 10.3 Å². The Morgan fingerprint density at radius 1 is 1.59 bits per heavy atom. The average molecular weight is 238 g/mol. The van der Waals surface area contributed by atoms with Gasteiger partial charge < -0.3 is 15.2 Å². The number of aromatic nitrogens is 1. The van der Waals surface area contributed by atoms with E-state index in [9.17, 15) is 4.79 Å². The summed E-state index contributed by atoms with van der Waals surface area (Å²) in [5.41, 5.74) is 2.12. The number of nitrogens with one attached hydrogen (secondary N) is 1. The van der Waals surface area contributed by atoms with Gasteiger partial charge >= 0.3 is 5.97 Å². The highest BCUT2D eigenvalue weighted by Crippen LogP contribution is 2.19. The van der Waals surface area contributed by atoms with Crippen molar-refractivity contribution in [1.29, 1.82) is 0 Å². The molecule has 0 aliphatic heterocycles. The first-order valence-electron chi connectivity index (χ1n) is 5.44. The Hall–Kier alpha value is -1.62. The molecule has 0 aliphatic carbocycles. The van der Waals surface area contributed by atoms with E-state index in [1.54, 1.807) is 20.1 Å². The van der Waals surface area contributed by atoms with E-state index in [-0.39, 0.29) is 11.7 Å². The number of hydrogen-bond donors (Lipinski definition) is 2.